The molecule has 0 saturated heterocycles. The van der Waals surface area contributed by atoms with Gasteiger partial charge in [0.2, 0.25) is 5.91 Å². The number of aryl methyl sites for hydroxylation is 2. The molecule has 0 aliphatic heterocycles. The van der Waals surface area contributed by atoms with E-state index in [4.69, 9.17) is 0 Å². The molecule has 2 aromatic rings. The van der Waals surface area contributed by atoms with Crippen molar-refractivity contribution in [1.82, 2.24) is 15.1 Å². The van der Waals surface area contributed by atoms with Crippen LogP contribution in [-0.2, 0) is 11.8 Å². The summed E-state index contributed by atoms with van der Waals surface area (Å²) in [5.41, 5.74) is 1.41. The van der Waals surface area contributed by atoms with Crippen molar-refractivity contribution >= 4 is 29.3 Å². The molecule has 0 bridgehead atoms. The maximum absolute atomic E-state index is 12.1. The average molecular weight is 318 g/mol. The maximum Gasteiger partial charge on any atom is 0.271 e. The molecule has 0 saturated carbocycles. The van der Waals surface area contributed by atoms with Crippen molar-refractivity contribution in [3.8, 4) is 0 Å². The first kappa shape index (κ1) is 16.1. The van der Waals surface area contributed by atoms with Gasteiger partial charge in [-0.1, -0.05) is 18.2 Å². The molecule has 2 N–H and O–H groups in total. The molecule has 1 heterocycles. The zero-order valence-corrected chi connectivity index (χ0v) is 13.5. The van der Waals surface area contributed by atoms with E-state index in [9.17, 15) is 9.59 Å². The highest BCUT2D eigenvalue weighted by Crippen LogP contribution is 2.21. The van der Waals surface area contributed by atoms with Crippen LogP contribution in [0.15, 0.2) is 35.2 Å². The number of nitrogens with zero attached hydrogens (tertiary/aromatic N) is 2. The third kappa shape index (κ3) is 3.67. The van der Waals surface area contributed by atoms with Crippen LogP contribution in [-0.4, -0.2) is 34.4 Å². The number of anilines is 1. The van der Waals surface area contributed by atoms with Crippen LogP contribution in [0.1, 0.15) is 16.2 Å². The smallest absolute Gasteiger partial charge is 0.271 e. The summed E-state index contributed by atoms with van der Waals surface area (Å²) in [5, 5.41) is 9.52. The van der Waals surface area contributed by atoms with Gasteiger partial charge in [0.1, 0.15) is 5.69 Å². The second-order valence-electron chi connectivity index (χ2n) is 4.66. The second kappa shape index (κ2) is 7.13. The number of amides is 2. The molecule has 0 aliphatic carbocycles. The minimum absolute atomic E-state index is 0.171. The molecule has 6 nitrogen and oxygen atoms in total. The first-order chi connectivity index (χ1) is 10.5. The molecular weight excluding hydrogens is 300 g/mol. The molecule has 7 heteroatoms. The molecule has 0 unspecified atom stereocenters. The predicted molar refractivity (Wildman–Crippen MR) is 87.1 cm³/mol. The van der Waals surface area contributed by atoms with Gasteiger partial charge in [0.05, 0.1) is 17.1 Å². The Balaban J connectivity index is 2.07. The predicted octanol–water partition coefficient (Wildman–Crippen LogP) is 1.82. The van der Waals surface area contributed by atoms with E-state index in [0.717, 1.165) is 4.90 Å². The molecule has 1 aromatic carbocycles. The van der Waals surface area contributed by atoms with E-state index in [1.165, 1.54) is 16.4 Å². The number of hydrogen-bond donors (Lipinski definition) is 2. The second-order valence-corrected chi connectivity index (χ2v) is 5.71. The summed E-state index contributed by atoms with van der Waals surface area (Å²) < 4.78 is 1.47. The highest BCUT2D eigenvalue weighted by molar-refractivity contribution is 8.00. The van der Waals surface area contributed by atoms with Gasteiger partial charge in [-0.3, -0.25) is 14.3 Å². The lowest BCUT2D eigenvalue weighted by Crippen LogP contribution is -2.24. The minimum atomic E-state index is -0.283. The largest absolute Gasteiger partial charge is 0.354 e. The Morgan fingerprint density at radius 1 is 1.27 bits per heavy atom. The van der Waals surface area contributed by atoms with Crippen molar-refractivity contribution < 1.29 is 9.59 Å². The van der Waals surface area contributed by atoms with E-state index in [1.807, 2.05) is 30.3 Å². The number of rotatable bonds is 5. The van der Waals surface area contributed by atoms with Gasteiger partial charge in [0.15, 0.2) is 0 Å². The monoisotopic (exact) mass is 318 g/mol. The van der Waals surface area contributed by atoms with Crippen LogP contribution in [0, 0.1) is 6.92 Å². The van der Waals surface area contributed by atoms with Crippen molar-refractivity contribution in [3.05, 3.63) is 41.7 Å². The Morgan fingerprint density at radius 3 is 2.59 bits per heavy atom. The van der Waals surface area contributed by atoms with Crippen molar-refractivity contribution in [2.75, 3.05) is 18.1 Å². The van der Waals surface area contributed by atoms with Crippen LogP contribution < -0.4 is 10.6 Å². The fourth-order valence-electron chi connectivity index (χ4n) is 2.03. The standard InChI is InChI=1S/C15H18N4O2S/c1-10-13(14(15(21)16-2)19(3)18-10)17-12(20)9-22-11-7-5-4-6-8-11/h4-8H,9H2,1-3H3,(H,16,21)(H,17,20). The molecule has 1 aromatic heterocycles. The van der Waals surface area contributed by atoms with Crippen molar-refractivity contribution in [1.29, 1.82) is 0 Å². The van der Waals surface area contributed by atoms with Gasteiger partial charge in [-0.05, 0) is 19.1 Å². The lowest BCUT2D eigenvalue weighted by atomic mass is 10.2. The highest BCUT2D eigenvalue weighted by atomic mass is 32.2. The lowest BCUT2D eigenvalue weighted by molar-refractivity contribution is -0.113. The van der Waals surface area contributed by atoms with E-state index >= 15 is 0 Å². The van der Waals surface area contributed by atoms with Gasteiger partial charge in [0.25, 0.3) is 5.91 Å². The van der Waals surface area contributed by atoms with Gasteiger partial charge in [-0.2, -0.15) is 5.10 Å². The Hall–Kier alpha value is -2.28. The molecule has 2 amide bonds. The first-order valence-electron chi connectivity index (χ1n) is 6.76. The van der Waals surface area contributed by atoms with Gasteiger partial charge in [0, 0.05) is 19.0 Å². The zero-order valence-electron chi connectivity index (χ0n) is 12.7. The van der Waals surface area contributed by atoms with Gasteiger partial charge in [-0.15, -0.1) is 11.8 Å². The number of thioether (sulfide) groups is 1. The van der Waals surface area contributed by atoms with Crippen LogP contribution in [0.3, 0.4) is 0 Å². The van der Waals surface area contributed by atoms with Crippen molar-refractivity contribution in [2.24, 2.45) is 7.05 Å². The number of carbonyl (C=O) groups is 2. The summed E-state index contributed by atoms with van der Waals surface area (Å²) in [4.78, 5) is 25.0. The fraction of sp³-hybridized carbons (Fsp3) is 0.267. The summed E-state index contributed by atoms with van der Waals surface area (Å²) in [6, 6.07) is 9.68. The number of nitrogens with one attached hydrogen (secondary N) is 2. The number of benzene rings is 1. The van der Waals surface area contributed by atoms with Crippen molar-refractivity contribution in [3.63, 3.8) is 0 Å². The number of aromatic nitrogens is 2. The van der Waals surface area contributed by atoms with Crippen LogP contribution in [0.2, 0.25) is 0 Å². The third-order valence-corrected chi connectivity index (χ3v) is 4.05. The third-order valence-electron chi connectivity index (χ3n) is 3.04. The Morgan fingerprint density at radius 2 is 1.95 bits per heavy atom. The molecule has 0 radical (unpaired) electrons. The van der Waals surface area contributed by atoms with Crippen molar-refractivity contribution in [2.45, 2.75) is 11.8 Å². The lowest BCUT2D eigenvalue weighted by Gasteiger charge is -2.07. The topological polar surface area (TPSA) is 76.0 Å². The van der Waals surface area contributed by atoms with Crippen LogP contribution in [0.4, 0.5) is 5.69 Å². The molecule has 0 spiro atoms. The number of hydrogen-bond acceptors (Lipinski definition) is 4. The maximum atomic E-state index is 12.1. The van der Waals surface area contributed by atoms with E-state index in [2.05, 4.69) is 15.7 Å². The molecule has 116 valence electrons. The summed E-state index contributed by atoms with van der Waals surface area (Å²) in [6.07, 6.45) is 0. The molecule has 0 fully saturated rings. The molecule has 2 rings (SSSR count). The molecular formula is C15H18N4O2S. The SMILES string of the molecule is CNC(=O)c1c(NC(=O)CSc2ccccc2)c(C)nn1C. The van der Waals surface area contributed by atoms with Crippen LogP contribution in [0.5, 0.6) is 0 Å². The summed E-state index contributed by atoms with van der Waals surface area (Å²) in [5.74, 6) is -0.185. The fourth-order valence-corrected chi connectivity index (χ4v) is 2.75. The van der Waals surface area contributed by atoms with E-state index < -0.39 is 0 Å². The van der Waals surface area contributed by atoms with Crippen LogP contribution in [0.25, 0.3) is 0 Å². The Kier molecular flexibility index (Phi) is 5.21. The van der Waals surface area contributed by atoms with Gasteiger partial charge in [-0.25, -0.2) is 0 Å². The molecule has 22 heavy (non-hydrogen) atoms. The minimum Gasteiger partial charge on any atom is -0.354 e. The summed E-state index contributed by atoms with van der Waals surface area (Å²) >= 11 is 1.44. The normalized spacial score (nSPS) is 10.3. The van der Waals surface area contributed by atoms with E-state index in [0.29, 0.717) is 17.1 Å². The summed E-state index contributed by atoms with van der Waals surface area (Å²) in [6.45, 7) is 1.76. The summed E-state index contributed by atoms with van der Waals surface area (Å²) in [7, 11) is 3.22. The molecule has 0 atom stereocenters. The zero-order chi connectivity index (χ0) is 16.1. The highest BCUT2D eigenvalue weighted by Gasteiger charge is 2.20. The van der Waals surface area contributed by atoms with Gasteiger partial charge < -0.3 is 10.6 Å². The average Bonchev–Trinajstić information content (AvgIpc) is 2.79. The number of carbonyl (C=O) groups excluding carboxylic acids is 2. The molecule has 0 aliphatic rings. The first-order valence-corrected chi connectivity index (χ1v) is 7.75. The van der Waals surface area contributed by atoms with E-state index in [1.54, 1.807) is 21.0 Å². The van der Waals surface area contributed by atoms with Gasteiger partial charge >= 0.3 is 0 Å². The Labute approximate surface area is 133 Å². The Bertz CT molecular complexity index is 682. The van der Waals surface area contributed by atoms with Crippen LogP contribution >= 0.6 is 11.8 Å². The van der Waals surface area contributed by atoms with E-state index in [-0.39, 0.29) is 17.6 Å². The quantitative estimate of drug-likeness (QED) is 0.825.